The monoisotopic (exact) mass is 428 g/mol. The third kappa shape index (κ3) is 3.97. The van der Waals surface area contributed by atoms with Crippen molar-refractivity contribution in [1.29, 1.82) is 0 Å². The summed E-state index contributed by atoms with van der Waals surface area (Å²) in [6, 6.07) is 8.65. The molecule has 2 aromatic heterocycles. The summed E-state index contributed by atoms with van der Waals surface area (Å²) in [6.45, 7) is 11.7. The molecule has 5 nitrogen and oxygen atoms in total. The van der Waals surface area contributed by atoms with Crippen LogP contribution in [0, 0.1) is 13.8 Å². The highest BCUT2D eigenvalue weighted by Crippen LogP contribution is 2.33. The minimum absolute atomic E-state index is 0.246. The maximum atomic E-state index is 13.1. The molecule has 1 aliphatic carbocycles. The van der Waals surface area contributed by atoms with Crippen molar-refractivity contribution in [2.24, 2.45) is 0 Å². The van der Waals surface area contributed by atoms with Gasteiger partial charge in [-0.05, 0) is 68.1 Å². The molecule has 0 saturated carbocycles. The predicted octanol–water partition coefficient (Wildman–Crippen LogP) is 5.00. The van der Waals surface area contributed by atoms with E-state index in [0.717, 1.165) is 60.6 Å². The number of benzene rings is 1. The Hall–Kier alpha value is -2.92. The van der Waals surface area contributed by atoms with Crippen LogP contribution in [0.25, 0.3) is 17.2 Å². The van der Waals surface area contributed by atoms with E-state index in [4.69, 9.17) is 0 Å². The molecule has 3 aromatic rings. The van der Waals surface area contributed by atoms with Crippen LogP contribution < -0.4 is 4.90 Å². The molecular formula is C27H32N4O. The molecule has 1 saturated heterocycles. The van der Waals surface area contributed by atoms with Crippen LogP contribution in [-0.4, -0.2) is 52.8 Å². The van der Waals surface area contributed by atoms with Crippen LogP contribution in [0.2, 0.25) is 0 Å². The molecule has 1 aliphatic heterocycles. The molecule has 3 heterocycles. The van der Waals surface area contributed by atoms with Crippen molar-refractivity contribution in [3.8, 4) is 0 Å². The lowest BCUT2D eigenvalue weighted by Gasteiger charge is -2.36. The summed E-state index contributed by atoms with van der Waals surface area (Å²) in [5.41, 5.74) is 8.65. The number of nitrogens with zero attached hydrogens (tertiary/aromatic N) is 4. The Balaban J connectivity index is 1.44. The van der Waals surface area contributed by atoms with Crippen LogP contribution >= 0.6 is 0 Å². The third-order valence-corrected chi connectivity index (χ3v) is 6.83. The molecule has 1 fully saturated rings. The van der Waals surface area contributed by atoms with E-state index in [9.17, 15) is 4.79 Å². The number of piperazine rings is 1. The SMILES string of the molecule is CCCN1CCN(c2ccc3c(c2)C(=O)CCC(c2cc4c(C)nc(C)cn4c2)=C3)CC1. The van der Waals surface area contributed by atoms with E-state index in [1.807, 2.05) is 6.92 Å². The molecule has 1 aromatic carbocycles. The number of aryl methyl sites for hydroxylation is 2. The van der Waals surface area contributed by atoms with E-state index in [1.54, 1.807) is 0 Å². The number of rotatable bonds is 4. The van der Waals surface area contributed by atoms with Gasteiger partial charge in [-0.3, -0.25) is 14.7 Å². The van der Waals surface area contributed by atoms with Gasteiger partial charge in [-0.1, -0.05) is 19.1 Å². The summed E-state index contributed by atoms with van der Waals surface area (Å²) in [5, 5.41) is 0. The van der Waals surface area contributed by atoms with Crippen LogP contribution in [0.4, 0.5) is 5.69 Å². The number of ketones is 1. The first kappa shape index (κ1) is 21.0. The van der Waals surface area contributed by atoms with E-state index in [1.165, 1.54) is 29.8 Å². The quantitative estimate of drug-likeness (QED) is 0.586. The zero-order chi connectivity index (χ0) is 22.2. The Bertz CT molecular complexity index is 1200. The van der Waals surface area contributed by atoms with E-state index < -0.39 is 0 Å². The number of anilines is 1. The van der Waals surface area contributed by atoms with Crippen LogP contribution in [-0.2, 0) is 0 Å². The number of hydrogen-bond donors (Lipinski definition) is 0. The summed E-state index contributed by atoms with van der Waals surface area (Å²) in [4.78, 5) is 22.6. The van der Waals surface area contributed by atoms with Crippen molar-refractivity contribution in [3.63, 3.8) is 0 Å². The summed E-state index contributed by atoms with van der Waals surface area (Å²) in [5.74, 6) is 0.246. The van der Waals surface area contributed by atoms with Gasteiger partial charge in [0.1, 0.15) is 0 Å². The molecule has 0 spiro atoms. The van der Waals surface area contributed by atoms with Crippen LogP contribution in [0.5, 0.6) is 0 Å². The number of Topliss-reactive ketones (excluding diaryl/α,β-unsaturated/α-hetero) is 1. The minimum Gasteiger partial charge on any atom is -0.369 e. The predicted molar refractivity (Wildman–Crippen MR) is 131 cm³/mol. The third-order valence-electron chi connectivity index (χ3n) is 6.83. The van der Waals surface area contributed by atoms with Crippen molar-refractivity contribution < 1.29 is 4.79 Å². The van der Waals surface area contributed by atoms with Gasteiger partial charge in [0, 0.05) is 56.2 Å². The maximum Gasteiger partial charge on any atom is 0.163 e. The lowest BCUT2D eigenvalue weighted by atomic mass is 10.0. The molecule has 0 unspecified atom stereocenters. The highest BCUT2D eigenvalue weighted by molar-refractivity contribution is 6.04. The molecule has 0 amide bonds. The second kappa shape index (κ2) is 8.55. The standard InChI is InChI=1S/C27H32N4O/c1-4-9-29-10-12-30(13-11-29)24-7-5-22-14-21(6-8-27(32)25(22)16-24)23-15-26-20(3)28-19(2)17-31(26)18-23/h5,7,14-18H,4,6,8-13H2,1-3H3. The number of aromatic nitrogens is 2. The average Bonchev–Trinajstić information content (AvgIpc) is 3.14. The van der Waals surface area contributed by atoms with Crippen LogP contribution in [0.15, 0.2) is 36.7 Å². The van der Waals surface area contributed by atoms with Gasteiger partial charge in [-0.2, -0.15) is 0 Å². The van der Waals surface area contributed by atoms with E-state index in [2.05, 4.69) is 75.8 Å². The summed E-state index contributed by atoms with van der Waals surface area (Å²) in [7, 11) is 0. The molecule has 5 rings (SSSR count). The lowest BCUT2D eigenvalue weighted by molar-refractivity contribution is 0.0985. The molecule has 166 valence electrons. The Morgan fingerprint density at radius 2 is 1.81 bits per heavy atom. The maximum absolute atomic E-state index is 13.1. The Morgan fingerprint density at radius 1 is 1.00 bits per heavy atom. The van der Waals surface area contributed by atoms with Crippen molar-refractivity contribution in [3.05, 3.63) is 64.7 Å². The second-order valence-corrected chi connectivity index (χ2v) is 9.18. The van der Waals surface area contributed by atoms with Gasteiger partial charge in [0.2, 0.25) is 0 Å². The Morgan fingerprint density at radius 3 is 2.59 bits per heavy atom. The van der Waals surface area contributed by atoms with Gasteiger partial charge in [0.15, 0.2) is 5.78 Å². The van der Waals surface area contributed by atoms with Gasteiger partial charge < -0.3 is 9.30 Å². The highest BCUT2D eigenvalue weighted by atomic mass is 16.1. The molecule has 0 atom stereocenters. The van der Waals surface area contributed by atoms with Crippen LogP contribution in [0.1, 0.15) is 59.1 Å². The summed E-state index contributed by atoms with van der Waals surface area (Å²) >= 11 is 0. The van der Waals surface area contributed by atoms with Crippen molar-refractivity contribution in [2.75, 3.05) is 37.6 Å². The normalized spacial score (nSPS) is 17.4. The van der Waals surface area contributed by atoms with Gasteiger partial charge in [0.25, 0.3) is 0 Å². The fraction of sp³-hybridized carbons (Fsp3) is 0.407. The van der Waals surface area contributed by atoms with Gasteiger partial charge in [0.05, 0.1) is 16.9 Å². The largest absolute Gasteiger partial charge is 0.369 e. The van der Waals surface area contributed by atoms with E-state index in [0.29, 0.717) is 6.42 Å². The zero-order valence-electron chi connectivity index (χ0n) is 19.4. The van der Waals surface area contributed by atoms with Crippen molar-refractivity contribution in [1.82, 2.24) is 14.3 Å². The molecule has 0 N–H and O–H groups in total. The molecule has 0 radical (unpaired) electrons. The minimum atomic E-state index is 0.246. The number of hydrogen-bond acceptors (Lipinski definition) is 4. The van der Waals surface area contributed by atoms with Gasteiger partial charge in [-0.15, -0.1) is 0 Å². The van der Waals surface area contributed by atoms with Crippen molar-refractivity contribution >= 4 is 28.6 Å². The summed E-state index contributed by atoms with van der Waals surface area (Å²) < 4.78 is 2.16. The van der Waals surface area contributed by atoms with Crippen LogP contribution in [0.3, 0.4) is 0 Å². The van der Waals surface area contributed by atoms with E-state index in [-0.39, 0.29) is 5.78 Å². The van der Waals surface area contributed by atoms with Gasteiger partial charge in [-0.25, -0.2) is 0 Å². The fourth-order valence-electron chi connectivity index (χ4n) is 5.13. The molecule has 5 heteroatoms. The number of carbonyl (C=O) groups excluding carboxylic acids is 1. The molecular weight excluding hydrogens is 396 g/mol. The lowest BCUT2D eigenvalue weighted by Crippen LogP contribution is -2.46. The average molecular weight is 429 g/mol. The molecule has 0 bridgehead atoms. The number of carbonyl (C=O) groups is 1. The second-order valence-electron chi connectivity index (χ2n) is 9.18. The fourth-order valence-corrected chi connectivity index (χ4v) is 5.13. The smallest absolute Gasteiger partial charge is 0.163 e. The molecule has 2 aliphatic rings. The first-order valence-electron chi connectivity index (χ1n) is 11.8. The first-order valence-corrected chi connectivity index (χ1v) is 11.8. The van der Waals surface area contributed by atoms with Gasteiger partial charge >= 0.3 is 0 Å². The Labute approximate surface area is 190 Å². The molecule has 32 heavy (non-hydrogen) atoms. The van der Waals surface area contributed by atoms with Crippen molar-refractivity contribution in [2.45, 2.75) is 40.0 Å². The number of allylic oxidation sites excluding steroid dienone is 1. The zero-order valence-corrected chi connectivity index (χ0v) is 19.4. The van der Waals surface area contributed by atoms with E-state index >= 15 is 0 Å². The first-order chi connectivity index (χ1) is 15.5. The Kier molecular flexibility index (Phi) is 5.60. The topological polar surface area (TPSA) is 40.8 Å². The summed E-state index contributed by atoms with van der Waals surface area (Å²) in [6.07, 6.45) is 8.97. The highest BCUT2D eigenvalue weighted by Gasteiger charge is 2.21. The number of fused-ring (bicyclic) bond motifs is 2.